The molecule has 0 unspecified atom stereocenters. The number of rotatable bonds is 6. The Bertz CT molecular complexity index is 3210. The van der Waals surface area contributed by atoms with Gasteiger partial charge in [-0.2, -0.15) is 0 Å². The van der Waals surface area contributed by atoms with Crippen molar-refractivity contribution in [3.8, 4) is 67.5 Å². The van der Waals surface area contributed by atoms with Crippen LogP contribution in [0.3, 0.4) is 0 Å². The van der Waals surface area contributed by atoms with Crippen molar-refractivity contribution < 1.29 is 24.9 Å². The number of phenolic OH excluding ortho intramolecular Hbond substituents is 3. The molecule has 0 amide bonds. The third kappa shape index (κ3) is 6.76. The SMILES string of the molecule is O=C(Oc1cccc(-c2c3nc(c(-c4cccc(O)c4)c4ccc([nH]4)c(-c4cccc(O)c4)c4nc(c(-c5cccc(O)c5)c5ccc2[nH]5)C=C4)C=C3)c1)c1ccccc1. The molecule has 0 aliphatic carbocycles. The van der Waals surface area contributed by atoms with Crippen LogP contribution in [0, 0.1) is 0 Å². The van der Waals surface area contributed by atoms with Crippen LogP contribution in [-0.4, -0.2) is 41.2 Å². The lowest BCUT2D eigenvalue weighted by Crippen LogP contribution is -2.08. The number of aromatic hydroxyl groups is 3. The second-order valence-electron chi connectivity index (χ2n) is 14.4. The second-order valence-corrected chi connectivity index (χ2v) is 14.4. The molecular weight excluding hydrogens is 749 g/mol. The predicted molar refractivity (Wildman–Crippen MR) is 237 cm³/mol. The zero-order valence-corrected chi connectivity index (χ0v) is 31.8. The zero-order valence-electron chi connectivity index (χ0n) is 31.8. The molecule has 0 fully saturated rings. The highest BCUT2D eigenvalue weighted by Crippen LogP contribution is 2.40. The Morgan fingerprint density at radius 2 is 0.783 bits per heavy atom. The van der Waals surface area contributed by atoms with E-state index in [1.807, 2.05) is 91.0 Å². The van der Waals surface area contributed by atoms with E-state index in [4.69, 9.17) is 14.7 Å². The number of carbonyl (C=O) groups excluding carboxylic acids is 1. The van der Waals surface area contributed by atoms with Crippen LogP contribution in [-0.2, 0) is 0 Å². The van der Waals surface area contributed by atoms with Crippen LogP contribution < -0.4 is 4.74 Å². The van der Waals surface area contributed by atoms with E-state index in [0.29, 0.717) is 34.1 Å². The van der Waals surface area contributed by atoms with Gasteiger partial charge in [0, 0.05) is 44.3 Å². The number of nitrogens with one attached hydrogen (secondary N) is 2. The molecule has 8 bridgehead atoms. The normalized spacial score (nSPS) is 11.8. The van der Waals surface area contributed by atoms with E-state index in [1.54, 1.807) is 84.9 Å². The van der Waals surface area contributed by atoms with Crippen molar-refractivity contribution in [1.29, 1.82) is 0 Å². The van der Waals surface area contributed by atoms with Gasteiger partial charge in [0.2, 0.25) is 0 Å². The van der Waals surface area contributed by atoms with E-state index in [2.05, 4.69) is 9.97 Å². The highest BCUT2D eigenvalue weighted by molar-refractivity contribution is 6.00. The highest BCUT2D eigenvalue weighted by Gasteiger charge is 2.20. The van der Waals surface area contributed by atoms with Gasteiger partial charge in [-0.05, 0) is 131 Å². The summed E-state index contributed by atoms with van der Waals surface area (Å²) in [7, 11) is 0. The zero-order chi connectivity index (χ0) is 40.7. The number of nitrogens with zero attached hydrogens (tertiary/aromatic N) is 2. The summed E-state index contributed by atoms with van der Waals surface area (Å²) in [6.07, 6.45) is 7.80. The van der Waals surface area contributed by atoms with Crippen molar-refractivity contribution in [2.24, 2.45) is 0 Å². The number of benzene rings is 5. The molecule has 2 aliphatic rings. The molecule has 0 radical (unpaired) electrons. The molecule has 5 heterocycles. The maximum atomic E-state index is 13.2. The fraction of sp³-hybridized carbons (Fsp3) is 0. The number of carbonyl (C=O) groups is 1. The fourth-order valence-corrected chi connectivity index (χ4v) is 7.86. The standard InChI is InChI=1S/C51H34N4O5/c56-35-14-4-10-31(26-35)47-39-18-20-41(52-39)48(32-11-5-15-36(57)27-32)43-22-24-45(54-43)50(34-13-7-17-38(29-34)60-51(59)30-8-2-1-3-9-30)46-25-23-44(55-46)49(42-21-19-40(47)53-42)33-12-6-16-37(58)28-33/h1-29,52,55-58H. The van der Waals surface area contributed by atoms with E-state index in [-0.39, 0.29) is 17.2 Å². The summed E-state index contributed by atoms with van der Waals surface area (Å²) < 4.78 is 5.88. The third-order valence-corrected chi connectivity index (χ3v) is 10.5. The number of H-pyrrole nitrogens is 2. The van der Waals surface area contributed by atoms with Crippen LogP contribution >= 0.6 is 0 Å². The molecule has 0 spiro atoms. The highest BCUT2D eigenvalue weighted by atomic mass is 16.5. The molecule has 5 aromatic carbocycles. The maximum Gasteiger partial charge on any atom is 0.343 e. The maximum absolute atomic E-state index is 13.2. The molecule has 60 heavy (non-hydrogen) atoms. The van der Waals surface area contributed by atoms with Gasteiger partial charge in [0.1, 0.15) is 23.0 Å². The number of aromatic amines is 2. The summed E-state index contributed by atoms with van der Waals surface area (Å²) in [5, 5.41) is 32.0. The van der Waals surface area contributed by atoms with Gasteiger partial charge in [-0.15, -0.1) is 0 Å². The first-order valence-corrected chi connectivity index (χ1v) is 19.3. The average molecular weight is 783 g/mol. The van der Waals surface area contributed by atoms with Crippen molar-refractivity contribution in [3.05, 3.63) is 180 Å². The molecule has 9 heteroatoms. The van der Waals surface area contributed by atoms with Crippen molar-refractivity contribution >= 4 is 52.3 Å². The van der Waals surface area contributed by atoms with Crippen LogP contribution in [0.15, 0.2) is 152 Å². The van der Waals surface area contributed by atoms with Crippen molar-refractivity contribution in [3.63, 3.8) is 0 Å². The molecule has 0 saturated heterocycles. The quantitative estimate of drug-likeness (QED) is 0.0834. The van der Waals surface area contributed by atoms with E-state index in [9.17, 15) is 20.1 Å². The van der Waals surface area contributed by atoms with Gasteiger partial charge in [0.05, 0.1) is 28.3 Å². The van der Waals surface area contributed by atoms with Gasteiger partial charge < -0.3 is 30.0 Å². The van der Waals surface area contributed by atoms with E-state index >= 15 is 0 Å². The van der Waals surface area contributed by atoms with Crippen LogP contribution in [0.1, 0.15) is 33.1 Å². The summed E-state index contributed by atoms with van der Waals surface area (Å²) in [5.74, 6) is 0.226. The minimum atomic E-state index is -0.473. The molecule has 10 rings (SSSR count). The molecule has 8 aromatic rings. The monoisotopic (exact) mass is 782 g/mol. The van der Waals surface area contributed by atoms with Gasteiger partial charge in [0.25, 0.3) is 0 Å². The van der Waals surface area contributed by atoms with Crippen molar-refractivity contribution in [2.45, 2.75) is 0 Å². The summed E-state index contributed by atoms with van der Waals surface area (Å²) in [5.41, 5.74) is 11.9. The molecule has 9 nitrogen and oxygen atoms in total. The van der Waals surface area contributed by atoms with Crippen LogP contribution in [0.25, 0.3) is 90.9 Å². The number of esters is 1. The summed E-state index contributed by atoms with van der Waals surface area (Å²) in [6, 6.07) is 45.3. The van der Waals surface area contributed by atoms with Crippen LogP contribution in [0.5, 0.6) is 23.0 Å². The average Bonchev–Trinajstić information content (AvgIpc) is 4.10. The lowest BCUT2D eigenvalue weighted by atomic mass is 10.0. The number of ether oxygens (including phenoxy) is 1. The molecule has 0 saturated carbocycles. The lowest BCUT2D eigenvalue weighted by molar-refractivity contribution is 0.0735. The number of hydrogen-bond donors (Lipinski definition) is 5. The minimum absolute atomic E-state index is 0.109. The number of hydrogen-bond acceptors (Lipinski definition) is 7. The number of phenols is 3. The number of aromatic nitrogens is 4. The molecule has 288 valence electrons. The first-order chi connectivity index (χ1) is 29.3. The van der Waals surface area contributed by atoms with Gasteiger partial charge in [-0.3, -0.25) is 0 Å². The largest absolute Gasteiger partial charge is 0.508 e. The summed E-state index contributed by atoms with van der Waals surface area (Å²) in [4.78, 5) is 31.0. The molecule has 2 aliphatic heterocycles. The van der Waals surface area contributed by atoms with Crippen molar-refractivity contribution in [1.82, 2.24) is 19.9 Å². The van der Waals surface area contributed by atoms with Gasteiger partial charge >= 0.3 is 5.97 Å². The Hall–Kier alpha value is -8.43. The fourth-order valence-electron chi connectivity index (χ4n) is 7.86. The molecule has 0 atom stereocenters. The summed E-state index contributed by atoms with van der Waals surface area (Å²) in [6.45, 7) is 0. The Labute approximate surface area is 343 Å². The van der Waals surface area contributed by atoms with Crippen molar-refractivity contribution in [2.75, 3.05) is 0 Å². The third-order valence-electron chi connectivity index (χ3n) is 10.5. The smallest absolute Gasteiger partial charge is 0.343 e. The van der Waals surface area contributed by atoms with Crippen LogP contribution in [0.2, 0.25) is 0 Å². The van der Waals surface area contributed by atoms with E-state index in [0.717, 1.165) is 66.6 Å². The van der Waals surface area contributed by atoms with E-state index < -0.39 is 5.97 Å². The summed E-state index contributed by atoms with van der Waals surface area (Å²) >= 11 is 0. The second kappa shape index (κ2) is 14.8. The Morgan fingerprint density at radius 1 is 0.417 bits per heavy atom. The minimum Gasteiger partial charge on any atom is -0.508 e. The molecule has 3 aromatic heterocycles. The Morgan fingerprint density at radius 3 is 1.17 bits per heavy atom. The van der Waals surface area contributed by atoms with Gasteiger partial charge in [-0.25, -0.2) is 14.8 Å². The predicted octanol–water partition coefficient (Wildman–Crippen LogP) is 11.7. The topological polar surface area (TPSA) is 144 Å². The Balaban J connectivity index is 1.31. The lowest BCUT2D eigenvalue weighted by Gasteiger charge is -2.09. The molecular formula is C51H34N4O5. The van der Waals surface area contributed by atoms with E-state index in [1.165, 1.54) is 0 Å². The van der Waals surface area contributed by atoms with Crippen LogP contribution in [0.4, 0.5) is 0 Å². The molecule has 5 N–H and O–H groups in total. The Kier molecular flexibility index (Phi) is 8.88. The van der Waals surface area contributed by atoms with Gasteiger partial charge in [0.15, 0.2) is 0 Å². The first-order valence-electron chi connectivity index (χ1n) is 19.3. The first kappa shape index (κ1) is 35.9. The van der Waals surface area contributed by atoms with Gasteiger partial charge in [-0.1, -0.05) is 66.7 Å². The number of fused-ring (bicyclic) bond motifs is 8.